The van der Waals surface area contributed by atoms with Gasteiger partial charge in [-0.25, -0.2) is 4.57 Å². The van der Waals surface area contributed by atoms with Crippen molar-refractivity contribution < 1.29 is 47.5 Å². The van der Waals surface area contributed by atoms with Gasteiger partial charge in [0.15, 0.2) is 6.10 Å². The summed E-state index contributed by atoms with van der Waals surface area (Å²) in [6, 6.07) is -1.52. The molecule has 0 aromatic heterocycles. The van der Waals surface area contributed by atoms with Crippen molar-refractivity contribution in [3.8, 4) is 0 Å². The minimum Gasteiger partial charge on any atom is -0.480 e. The van der Waals surface area contributed by atoms with E-state index in [1.54, 1.807) is 0 Å². The van der Waals surface area contributed by atoms with E-state index in [-0.39, 0.29) is 19.4 Å². The lowest BCUT2D eigenvalue weighted by Gasteiger charge is -2.20. The second-order valence-electron chi connectivity index (χ2n) is 14.2. The maximum Gasteiger partial charge on any atom is 0.472 e. The summed E-state index contributed by atoms with van der Waals surface area (Å²) in [7, 11) is -4.72. The number of allylic oxidation sites excluding steroid dienone is 5. The van der Waals surface area contributed by atoms with Crippen molar-refractivity contribution in [2.75, 3.05) is 19.8 Å². The fourth-order valence-corrected chi connectivity index (χ4v) is 6.46. The van der Waals surface area contributed by atoms with Crippen LogP contribution in [0.15, 0.2) is 37.0 Å². The van der Waals surface area contributed by atoms with Crippen molar-refractivity contribution in [2.45, 2.75) is 192 Å². The number of hydrogen-bond acceptors (Lipinski definition) is 9. The van der Waals surface area contributed by atoms with Crippen molar-refractivity contribution in [2.24, 2.45) is 5.73 Å². The molecule has 0 amide bonds. The first kappa shape index (κ1) is 51.7. The van der Waals surface area contributed by atoms with E-state index in [2.05, 4.69) is 42.3 Å². The molecule has 3 atom stereocenters. The lowest BCUT2D eigenvalue weighted by atomic mass is 10.0. The van der Waals surface area contributed by atoms with Crippen molar-refractivity contribution in [1.29, 1.82) is 0 Å². The first-order valence-corrected chi connectivity index (χ1v) is 22.5. The number of aliphatic carboxylic acids is 1. The molecular formula is C42H76NO10P. The van der Waals surface area contributed by atoms with Crippen LogP contribution in [0.1, 0.15) is 180 Å². The number of carboxylic acids is 1. The van der Waals surface area contributed by atoms with Gasteiger partial charge in [0, 0.05) is 12.8 Å². The SMILES string of the molecule is C=CCCCCCCCCCCCCCCCC(=O)O[C@H](COC(=O)CCCCCCC/C=C/C=C/CCCCCC)COP(=O)(O)OC[C@H](N)C(=O)O. The van der Waals surface area contributed by atoms with Gasteiger partial charge in [-0.2, -0.15) is 0 Å². The van der Waals surface area contributed by atoms with Crippen molar-refractivity contribution >= 4 is 25.7 Å². The largest absolute Gasteiger partial charge is 0.480 e. The molecule has 54 heavy (non-hydrogen) atoms. The molecule has 4 N–H and O–H groups in total. The van der Waals surface area contributed by atoms with E-state index in [9.17, 15) is 23.8 Å². The van der Waals surface area contributed by atoms with Gasteiger partial charge in [-0.3, -0.25) is 23.4 Å². The highest BCUT2D eigenvalue weighted by atomic mass is 31.2. The molecular weight excluding hydrogens is 709 g/mol. The van der Waals surface area contributed by atoms with Gasteiger partial charge < -0.3 is 25.2 Å². The average Bonchev–Trinajstić information content (AvgIpc) is 3.14. The first-order chi connectivity index (χ1) is 26.1. The molecule has 11 nitrogen and oxygen atoms in total. The molecule has 12 heteroatoms. The van der Waals surface area contributed by atoms with Crippen LogP contribution in [0.25, 0.3) is 0 Å². The summed E-state index contributed by atoms with van der Waals surface area (Å²) in [4.78, 5) is 45.9. The van der Waals surface area contributed by atoms with Crippen LogP contribution < -0.4 is 5.73 Å². The molecule has 314 valence electrons. The number of carbonyl (C=O) groups excluding carboxylic acids is 2. The van der Waals surface area contributed by atoms with Crippen molar-refractivity contribution in [3.05, 3.63) is 37.0 Å². The molecule has 0 spiro atoms. The summed E-state index contributed by atoms with van der Waals surface area (Å²) in [5.74, 6) is -2.40. The lowest BCUT2D eigenvalue weighted by molar-refractivity contribution is -0.161. The van der Waals surface area contributed by atoms with Gasteiger partial charge in [0.1, 0.15) is 12.6 Å². The molecule has 0 radical (unpaired) electrons. The molecule has 0 aliphatic heterocycles. The van der Waals surface area contributed by atoms with Gasteiger partial charge >= 0.3 is 25.7 Å². The predicted molar refractivity (Wildman–Crippen MR) is 217 cm³/mol. The Morgan fingerprint density at radius 2 is 1.06 bits per heavy atom. The highest BCUT2D eigenvalue weighted by Crippen LogP contribution is 2.43. The van der Waals surface area contributed by atoms with E-state index in [1.165, 1.54) is 83.5 Å². The van der Waals surface area contributed by atoms with Crippen LogP contribution in [0.2, 0.25) is 0 Å². The summed E-state index contributed by atoms with van der Waals surface area (Å²) in [5.41, 5.74) is 5.33. The second kappa shape index (κ2) is 37.6. The zero-order chi connectivity index (χ0) is 40.0. The second-order valence-corrected chi connectivity index (χ2v) is 15.7. The molecule has 1 unspecified atom stereocenters. The van der Waals surface area contributed by atoms with Crippen molar-refractivity contribution in [1.82, 2.24) is 0 Å². The topological polar surface area (TPSA) is 172 Å². The van der Waals surface area contributed by atoms with Crippen LogP contribution in [0, 0.1) is 0 Å². The van der Waals surface area contributed by atoms with Gasteiger partial charge in [-0.1, -0.05) is 146 Å². The quantitative estimate of drug-likeness (QED) is 0.0177. The van der Waals surface area contributed by atoms with E-state index >= 15 is 0 Å². The number of carboxylic acid groups (broad SMARTS) is 1. The molecule has 0 aromatic carbocycles. The number of carbonyl (C=O) groups is 3. The normalized spacial score (nSPS) is 13.9. The minimum atomic E-state index is -4.72. The predicted octanol–water partition coefficient (Wildman–Crippen LogP) is 10.8. The Kier molecular flexibility index (Phi) is 36.0. The Morgan fingerprint density at radius 1 is 0.630 bits per heavy atom. The molecule has 0 heterocycles. The number of ether oxygens (including phenoxy) is 2. The number of rotatable bonds is 40. The minimum absolute atomic E-state index is 0.156. The van der Waals surface area contributed by atoms with Crippen molar-refractivity contribution in [3.63, 3.8) is 0 Å². The van der Waals surface area contributed by atoms with Crippen LogP contribution in [-0.4, -0.2) is 59.9 Å². The zero-order valence-corrected chi connectivity index (χ0v) is 34.5. The summed E-state index contributed by atoms with van der Waals surface area (Å²) >= 11 is 0. The third kappa shape index (κ3) is 36.7. The smallest absolute Gasteiger partial charge is 0.472 e. The number of hydrogen-bond donors (Lipinski definition) is 3. The standard InChI is InChI=1S/C42H76NO10P/c1-3-5-7-9-11-13-15-17-19-21-23-25-27-29-31-33-40(44)50-35-38(36-51-54(48,49)52-37-39(43)42(46)47)53-41(45)34-32-30-28-26-24-22-20-18-16-14-12-10-8-6-4-2/h4,13,15,17,19,38-39H,2-3,5-12,14,16,18,20-37,43H2,1H3,(H,46,47)(H,48,49)/b15-13+,19-17+/t38-,39+/m1/s1. The Labute approximate surface area is 327 Å². The third-order valence-corrected chi connectivity index (χ3v) is 9.99. The average molecular weight is 786 g/mol. The van der Waals surface area contributed by atoms with Gasteiger partial charge in [0.25, 0.3) is 0 Å². The van der Waals surface area contributed by atoms with Gasteiger partial charge in [0.05, 0.1) is 13.2 Å². The molecule has 0 fully saturated rings. The van der Waals surface area contributed by atoms with Gasteiger partial charge in [-0.05, 0) is 51.4 Å². The van der Waals surface area contributed by atoms with E-state index in [0.29, 0.717) is 12.8 Å². The first-order valence-electron chi connectivity index (χ1n) is 21.0. The molecule has 0 aliphatic rings. The molecule has 0 bridgehead atoms. The molecule has 0 aromatic rings. The van der Waals surface area contributed by atoms with Crippen LogP contribution in [-0.2, 0) is 37.5 Å². The highest BCUT2D eigenvalue weighted by Gasteiger charge is 2.28. The van der Waals surface area contributed by atoms with E-state index < -0.39 is 51.1 Å². The fraction of sp³-hybridized carbons (Fsp3) is 0.786. The number of nitrogens with two attached hydrogens (primary N) is 1. The summed E-state index contributed by atoms with van der Waals surface area (Å²) in [6.45, 7) is 4.28. The number of phosphoric acid groups is 1. The number of phosphoric ester groups is 1. The monoisotopic (exact) mass is 786 g/mol. The maximum atomic E-state index is 12.6. The highest BCUT2D eigenvalue weighted by molar-refractivity contribution is 7.47. The van der Waals surface area contributed by atoms with Gasteiger partial charge in [0.2, 0.25) is 0 Å². The zero-order valence-electron chi connectivity index (χ0n) is 33.6. The van der Waals surface area contributed by atoms with E-state index in [1.807, 2.05) is 6.08 Å². The van der Waals surface area contributed by atoms with Gasteiger partial charge in [-0.15, -0.1) is 6.58 Å². The van der Waals surface area contributed by atoms with E-state index in [0.717, 1.165) is 64.2 Å². The Hall–Kier alpha value is -2.30. The van der Waals surface area contributed by atoms with E-state index in [4.69, 9.17) is 24.8 Å². The number of unbranched alkanes of at least 4 members (excludes halogenated alkanes) is 22. The lowest BCUT2D eigenvalue weighted by Crippen LogP contribution is -2.34. The Morgan fingerprint density at radius 3 is 1.54 bits per heavy atom. The molecule has 0 aliphatic carbocycles. The fourth-order valence-electron chi connectivity index (χ4n) is 5.68. The molecule has 0 saturated heterocycles. The molecule has 0 saturated carbocycles. The van der Waals surface area contributed by atoms with Crippen LogP contribution >= 0.6 is 7.82 Å². The number of esters is 2. The Balaban J connectivity index is 4.39. The van der Waals surface area contributed by atoms with Crippen LogP contribution in [0.4, 0.5) is 0 Å². The third-order valence-electron chi connectivity index (χ3n) is 9.03. The van der Waals surface area contributed by atoms with Crippen LogP contribution in [0.3, 0.4) is 0 Å². The maximum absolute atomic E-state index is 12.6. The summed E-state index contributed by atoms with van der Waals surface area (Å²) in [5, 5.41) is 8.88. The Bertz CT molecular complexity index is 1050. The van der Waals surface area contributed by atoms with Crippen LogP contribution in [0.5, 0.6) is 0 Å². The molecule has 0 rings (SSSR count). The summed E-state index contributed by atoms with van der Waals surface area (Å²) in [6.07, 6.45) is 38.1. The summed E-state index contributed by atoms with van der Waals surface area (Å²) < 4.78 is 32.6.